The summed E-state index contributed by atoms with van der Waals surface area (Å²) < 4.78 is 0. The number of carbonyl (C=O) groups is 3. The first-order chi connectivity index (χ1) is 9.56. The Labute approximate surface area is 117 Å². The van der Waals surface area contributed by atoms with Gasteiger partial charge < -0.3 is 15.7 Å². The Hall–Kier alpha value is -2.37. The van der Waals surface area contributed by atoms with Gasteiger partial charge in [0.05, 0.1) is 11.1 Å². The van der Waals surface area contributed by atoms with E-state index in [2.05, 4.69) is 10.6 Å². The number of hydrogen-bond acceptors (Lipinski definition) is 3. The molecule has 0 aromatic heterocycles. The molecule has 0 fully saturated rings. The van der Waals surface area contributed by atoms with Crippen LogP contribution in [0.1, 0.15) is 40.5 Å². The number of rotatable bonds is 7. The monoisotopic (exact) mass is 278 g/mol. The predicted octanol–water partition coefficient (Wildman–Crippen LogP) is 1.03. The van der Waals surface area contributed by atoms with E-state index in [1.54, 1.807) is 12.1 Å². The van der Waals surface area contributed by atoms with Crippen molar-refractivity contribution in [3.05, 3.63) is 35.4 Å². The highest BCUT2D eigenvalue weighted by Crippen LogP contribution is 2.08. The van der Waals surface area contributed by atoms with Gasteiger partial charge in [-0.25, -0.2) is 4.79 Å². The SMILES string of the molecule is CCCNC(=O)CCNC(=O)c1ccccc1C(=O)O. The lowest BCUT2D eigenvalue weighted by Gasteiger charge is -2.08. The lowest BCUT2D eigenvalue weighted by Crippen LogP contribution is -2.31. The summed E-state index contributed by atoms with van der Waals surface area (Å²) in [7, 11) is 0. The molecule has 0 aliphatic rings. The van der Waals surface area contributed by atoms with E-state index in [-0.39, 0.29) is 30.0 Å². The Kier molecular flexibility index (Phi) is 6.22. The molecule has 0 saturated heterocycles. The first kappa shape index (κ1) is 15.7. The summed E-state index contributed by atoms with van der Waals surface area (Å²) in [5, 5.41) is 14.2. The van der Waals surface area contributed by atoms with Crippen molar-refractivity contribution >= 4 is 17.8 Å². The van der Waals surface area contributed by atoms with Crippen LogP contribution in [0.2, 0.25) is 0 Å². The van der Waals surface area contributed by atoms with Gasteiger partial charge in [-0.15, -0.1) is 0 Å². The molecule has 1 aromatic carbocycles. The Bertz CT molecular complexity index is 500. The number of aromatic carboxylic acids is 1. The molecule has 0 heterocycles. The van der Waals surface area contributed by atoms with E-state index in [1.165, 1.54) is 12.1 Å². The third-order valence-electron chi connectivity index (χ3n) is 2.61. The lowest BCUT2D eigenvalue weighted by molar-refractivity contribution is -0.120. The van der Waals surface area contributed by atoms with Crippen molar-refractivity contribution in [1.29, 1.82) is 0 Å². The molecule has 3 N–H and O–H groups in total. The largest absolute Gasteiger partial charge is 0.478 e. The third kappa shape index (κ3) is 4.72. The maximum atomic E-state index is 11.9. The van der Waals surface area contributed by atoms with Gasteiger partial charge in [0.15, 0.2) is 0 Å². The third-order valence-corrected chi connectivity index (χ3v) is 2.61. The first-order valence-corrected chi connectivity index (χ1v) is 6.43. The summed E-state index contributed by atoms with van der Waals surface area (Å²) in [6.07, 6.45) is 1.02. The minimum Gasteiger partial charge on any atom is -0.478 e. The van der Waals surface area contributed by atoms with Gasteiger partial charge in [0, 0.05) is 19.5 Å². The van der Waals surface area contributed by atoms with Gasteiger partial charge in [-0.2, -0.15) is 0 Å². The van der Waals surface area contributed by atoms with E-state index < -0.39 is 11.9 Å². The van der Waals surface area contributed by atoms with E-state index in [1.807, 2.05) is 6.92 Å². The second-order valence-corrected chi connectivity index (χ2v) is 4.21. The molecule has 0 radical (unpaired) electrons. The minimum atomic E-state index is -1.16. The van der Waals surface area contributed by atoms with Crippen LogP contribution >= 0.6 is 0 Å². The molecule has 1 aromatic rings. The Morgan fingerprint density at radius 2 is 1.70 bits per heavy atom. The van der Waals surface area contributed by atoms with Crippen LogP contribution in [0.15, 0.2) is 24.3 Å². The maximum absolute atomic E-state index is 11.9. The average Bonchev–Trinajstić information content (AvgIpc) is 2.44. The van der Waals surface area contributed by atoms with Crippen LogP contribution < -0.4 is 10.6 Å². The van der Waals surface area contributed by atoms with Crippen LogP contribution in [-0.4, -0.2) is 36.0 Å². The molecule has 1 rings (SSSR count). The molecule has 6 heteroatoms. The van der Waals surface area contributed by atoms with E-state index >= 15 is 0 Å². The van der Waals surface area contributed by atoms with Crippen molar-refractivity contribution in [3.8, 4) is 0 Å². The fourth-order valence-electron chi connectivity index (χ4n) is 1.61. The van der Waals surface area contributed by atoms with Crippen molar-refractivity contribution in [2.75, 3.05) is 13.1 Å². The van der Waals surface area contributed by atoms with E-state index in [0.29, 0.717) is 6.54 Å². The second-order valence-electron chi connectivity index (χ2n) is 4.21. The Morgan fingerprint density at radius 1 is 1.05 bits per heavy atom. The predicted molar refractivity (Wildman–Crippen MR) is 73.7 cm³/mol. The highest BCUT2D eigenvalue weighted by atomic mass is 16.4. The number of carbonyl (C=O) groups excluding carboxylic acids is 2. The maximum Gasteiger partial charge on any atom is 0.336 e. The number of hydrogen-bond donors (Lipinski definition) is 3. The number of carboxylic acid groups (broad SMARTS) is 1. The molecule has 0 aliphatic heterocycles. The average molecular weight is 278 g/mol. The summed E-state index contributed by atoms with van der Waals surface area (Å²) in [5.74, 6) is -1.79. The van der Waals surface area contributed by atoms with Crippen molar-refractivity contribution in [2.24, 2.45) is 0 Å². The van der Waals surface area contributed by atoms with Crippen LogP contribution in [0.4, 0.5) is 0 Å². The highest BCUT2D eigenvalue weighted by molar-refractivity contribution is 6.04. The van der Waals surface area contributed by atoms with Gasteiger partial charge in [0.1, 0.15) is 0 Å². The molecule has 6 nitrogen and oxygen atoms in total. The fourth-order valence-corrected chi connectivity index (χ4v) is 1.61. The summed E-state index contributed by atoms with van der Waals surface area (Å²) in [4.78, 5) is 34.2. The van der Waals surface area contributed by atoms with Crippen LogP contribution in [0.3, 0.4) is 0 Å². The quantitative estimate of drug-likeness (QED) is 0.694. The van der Waals surface area contributed by atoms with Crippen LogP contribution in [-0.2, 0) is 4.79 Å². The molecule has 0 atom stereocenters. The Morgan fingerprint density at radius 3 is 2.30 bits per heavy atom. The van der Waals surface area contributed by atoms with Crippen molar-refractivity contribution in [3.63, 3.8) is 0 Å². The summed E-state index contributed by atoms with van der Waals surface area (Å²) in [5.41, 5.74) is 0.0365. The summed E-state index contributed by atoms with van der Waals surface area (Å²) >= 11 is 0. The number of amides is 2. The summed E-state index contributed by atoms with van der Waals surface area (Å²) in [6, 6.07) is 5.95. The molecule has 0 bridgehead atoms. The van der Waals surface area contributed by atoms with Crippen LogP contribution in [0.25, 0.3) is 0 Å². The number of benzene rings is 1. The minimum absolute atomic E-state index is 0.0552. The highest BCUT2D eigenvalue weighted by Gasteiger charge is 2.15. The molecule has 0 unspecified atom stereocenters. The first-order valence-electron chi connectivity index (χ1n) is 6.43. The summed E-state index contributed by atoms with van der Waals surface area (Å²) in [6.45, 7) is 2.72. The number of nitrogens with one attached hydrogen (secondary N) is 2. The van der Waals surface area contributed by atoms with Crippen molar-refractivity contribution in [1.82, 2.24) is 10.6 Å². The normalized spacial score (nSPS) is 9.85. The van der Waals surface area contributed by atoms with Crippen molar-refractivity contribution < 1.29 is 19.5 Å². The van der Waals surface area contributed by atoms with Crippen LogP contribution in [0, 0.1) is 0 Å². The van der Waals surface area contributed by atoms with Gasteiger partial charge in [-0.05, 0) is 18.6 Å². The van der Waals surface area contributed by atoms with Crippen molar-refractivity contribution in [2.45, 2.75) is 19.8 Å². The molecule has 0 spiro atoms. The van der Waals surface area contributed by atoms with E-state index in [9.17, 15) is 14.4 Å². The standard InChI is InChI=1S/C14H18N2O4/c1-2-8-15-12(17)7-9-16-13(18)10-5-3-4-6-11(10)14(19)20/h3-6H,2,7-9H2,1H3,(H,15,17)(H,16,18)(H,19,20). The zero-order valence-electron chi connectivity index (χ0n) is 11.3. The molecular formula is C14H18N2O4. The van der Waals surface area contributed by atoms with Gasteiger partial charge in [-0.3, -0.25) is 9.59 Å². The van der Waals surface area contributed by atoms with Gasteiger partial charge >= 0.3 is 5.97 Å². The van der Waals surface area contributed by atoms with E-state index in [0.717, 1.165) is 6.42 Å². The zero-order valence-corrected chi connectivity index (χ0v) is 11.3. The molecule has 0 saturated carbocycles. The lowest BCUT2D eigenvalue weighted by atomic mass is 10.1. The molecule has 2 amide bonds. The topological polar surface area (TPSA) is 95.5 Å². The van der Waals surface area contributed by atoms with Gasteiger partial charge in [0.25, 0.3) is 5.91 Å². The molecule has 108 valence electrons. The zero-order chi connectivity index (χ0) is 15.0. The van der Waals surface area contributed by atoms with Gasteiger partial charge in [0.2, 0.25) is 5.91 Å². The smallest absolute Gasteiger partial charge is 0.336 e. The second kappa shape index (κ2) is 7.93. The van der Waals surface area contributed by atoms with E-state index in [4.69, 9.17) is 5.11 Å². The fraction of sp³-hybridized carbons (Fsp3) is 0.357. The molecule has 20 heavy (non-hydrogen) atoms. The molecule has 0 aliphatic carbocycles. The Balaban J connectivity index is 2.52. The van der Waals surface area contributed by atoms with Crippen LogP contribution in [0.5, 0.6) is 0 Å². The number of carboxylic acids is 1. The van der Waals surface area contributed by atoms with Gasteiger partial charge in [-0.1, -0.05) is 19.1 Å². The molecular weight excluding hydrogens is 260 g/mol.